The highest BCUT2D eigenvalue weighted by Crippen LogP contribution is 2.29. The van der Waals surface area contributed by atoms with Crippen LogP contribution in [0, 0.1) is 11.3 Å². The lowest BCUT2D eigenvalue weighted by Gasteiger charge is -2.11. The lowest BCUT2D eigenvalue weighted by Crippen LogP contribution is -2.25. The lowest BCUT2D eigenvalue weighted by molar-refractivity contribution is -0.117. The zero-order chi connectivity index (χ0) is 16.4. The van der Waals surface area contributed by atoms with Gasteiger partial charge in [0.1, 0.15) is 11.6 Å². The lowest BCUT2D eigenvalue weighted by atomic mass is 10.1. The molecular formula is C17H22N2O3. The first-order valence-corrected chi connectivity index (χ1v) is 7.45. The van der Waals surface area contributed by atoms with Crippen LogP contribution in [0.4, 0.5) is 0 Å². The SMILES string of the molecule is CCCNC(=O)/C(C#N)=C\c1ccc(OCC)c(OCC)c1. The van der Waals surface area contributed by atoms with Crippen LogP contribution in [0.25, 0.3) is 6.08 Å². The molecule has 1 aromatic rings. The zero-order valence-electron chi connectivity index (χ0n) is 13.3. The summed E-state index contributed by atoms with van der Waals surface area (Å²) < 4.78 is 11.0. The van der Waals surface area contributed by atoms with Crippen LogP contribution in [-0.4, -0.2) is 25.7 Å². The zero-order valence-corrected chi connectivity index (χ0v) is 13.3. The van der Waals surface area contributed by atoms with Gasteiger partial charge < -0.3 is 14.8 Å². The van der Waals surface area contributed by atoms with Gasteiger partial charge in [-0.05, 0) is 44.0 Å². The van der Waals surface area contributed by atoms with E-state index in [1.807, 2.05) is 26.8 Å². The molecule has 0 spiro atoms. The van der Waals surface area contributed by atoms with Crippen molar-refractivity contribution in [2.24, 2.45) is 0 Å². The van der Waals surface area contributed by atoms with Gasteiger partial charge in [-0.3, -0.25) is 4.79 Å². The predicted octanol–water partition coefficient (Wildman–Crippen LogP) is 2.92. The maximum absolute atomic E-state index is 11.9. The number of rotatable bonds is 8. The molecule has 0 heterocycles. The largest absolute Gasteiger partial charge is 0.490 e. The summed E-state index contributed by atoms with van der Waals surface area (Å²) in [5, 5.41) is 11.8. The quantitative estimate of drug-likeness (QED) is 0.592. The van der Waals surface area contributed by atoms with E-state index in [0.717, 1.165) is 12.0 Å². The number of carbonyl (C=O) groups excluding carboxylic acids is 1. The third-order valence-electron chi connectivity index (χ3n) is 2.78. The molecule has 0 aliphatic carbocycles. The van der Waals surface area contributed by atoms with Crippen molar-refractivity contribution >= 4 is 12.0 Å². The highest BCUT2D eigenvalue weighted by atomic mass is 16.5. The Morgan fingerprint density at radius 3 is 2.50 bits per heavy atom. The highest BCUT2D eigenvalue weighted by molar-refractivity contribution is 6.01. The molecular weight excluding hydrogens is 280 g/mol. The number of hydrogen-bond donors (Lipinski definition) is 1. The minimum absolute atomic E-state index is 0.0695. The predicted molar refractivity (Wildman–Crippen MR) is 85.7 cm³/mol. The van der Waals surface area contributed by atoms with E-state index in [1.165, 1.54) is 0 Å². The van der Waals surface area contributed by atoms with Crippen molar-refractivity contribution in [3.63, 3.8) is 0 Å². The molecule has 22 heavy (non-hydrogen) atoms. The number of nitriles is 1. The Morgan fingerprint density at radius 2 is 1.91 bits per heavy atom. The summed E-state index contributed by atoms with van der Waals surface area (Å²) in [7, 11) is 0. The third-order valence-corrected chi connectivity index (χ3v) is 2.78. The minimum atomic E-state index is -0.365. The van der Waals surface area contributed by atoms with Gasteiger partial charge in [-0.1, -0.05) is 13.0 Å². The van der Waals surface area contributed by atoms with E-state index in [-0.39, 0.29) is 11.5 Å². The van der Waals surface area contributed by atoms with Crippen LogP contribution in [0.15, 0.2) is 23.8 Å². The smallest absolute Gasteiger partial charge is 0.261 e. The van der Waals surface area contributed by atoms with Gasteiger partial charge in [0.25, 0.3) is 5.91 Å². The minimum Gasteiger partial charge on any atom is -0.490 e. The molecule has 1 rings (SSSR count). The molecule has 0 unspecified atom stereocenters. The van der Waals surface area contributed by atoms with Gasteiger partial charge in [0.05, 0.1) is 13.2 Å². The standard InChI is InChI=1S/C17H22N2O3/c1-4-9-19-17(20)14(12-18)10-13-7-8-15(21-5-2)16(11-13)22-6-3/h7-8,10-11H,4-6,9H2,1-3H3,(H,19,20)/b14-10-. The van der Waals surface area contributed by atoms with Crippen LogP contribution in [-0.2, 0) is 4.79 Å². The fourth-order valence-electron chi connectivity index (χ4n) is 1.81. The fourth-order valence-corrected chi connectivity index (χ4v) is 1.81. The molecule has 0 saturated carbocycles. The Morgan fingerprint density at radius 1 is 1.23 bits per heavy atom. The Bertz CT molecular complexity index is 574. The molecule has 5 heteroatoms. The number of hydrogen-bond acceptors (Lipinski definition) is 4. The average molecular weight is 302 g/mol. The van der Waals surface area contributed by atoms with E-state index in [9.17, 15) is 4.79 Å². The first-order valence-electron chi connectivity index (χ1n) is 7.45. The molecule has 0 aliphatic heterocycles. The first kappa shape index (κ1) is 17.6. The Labute approximate surface area is 131 Å². The summed E-state index contributed by atoms with van der Waals surface area (Å²) in [5.74, 6) is 0.885. The van der Waals surface area contributed by atoms with Crippen LogP contribution < -0.4 is 14.8 Å². The molecule has 5 nitrogen and oxygen atoms in total. The van der Waals surface area contributed by atoms with E-state index in [1.54, 1.807) is 24.3 Å². The Hall–Kier alpha value is -2.48. The van der Waals surface area contributed by atoms with Gasteiger partial charge in [-0.2, -0.15) is 5.26 Å². The van der Waals surface area contributed by atoms with Crippen LogP contribution >= 0.6 is 0 Å². The molecule has 0 aromatic heterocycles. The molecule has 0 radical (unpaired) electrons. The summed E-state index contributed by atoms with van der Waals surface area (Å²) in [6, 6.07) is 7.26. The normalized spacial score (nSPS) is 10.7. The average Bonchev–Trinajstić information content (AvgIpc) is 2.53. The number of amides is 1. The molecule has 0 saturated heterocycles. The van der Waals surface area contributed by atoms with Gasteiger partial charge in [-0.15, -0.1) is 0 Å². The van der Waals surface area contributed by atoms with Crippen molar-refractivity contribution in [1.29, 1.82) is 5.26 Å². The number of benzene rings is 1. The van der Waals surface area contributed by atoms with Gasteiger partial charge in [0, 0.05) is 6.54 Å². The first-order chi connectivity index (χ1) is 10.7. The monoisotopic (exact) mass is 302 g/mol. The van der Waals surface area contributed by atoms with Crippen LogP contribution in [0.2, 0.25) is 0 Å². The van der Waals surface area contributed by atoms with Crippen molar-refractivity contribution in [3.05, 3.63) is 29.3 Å². The molecule has 0 atom stereocenters. The Kier molecular flexibility index (Phi) is 7.55. The van der Waals surface area contributed by atoms with Gasteiger partial charge in [0.2, 0.25) is 0 Å². The van der Waals surface area contributed by atoms with E-state index in [4.69, 9.17) is 14.7 Å². The van der Waals surface area contributed by atoms with E-state index in [0.29, 0.717) is 31.3 Å². The van der Waals surface area contributed by atoms with Crippen molar-refractivity contribution in [3.8, 4) is 17.6 Å². The highest BCUT2D eigenvalue weighted by Gasteiger charge is 2.10. The molecule has 0 aliphatic rings. The maximum Gasteiger partial charge on any atom is 0.261 e. The van der Waals surface area contributed by atoms with Crippen molar-refractivity contribution < 1.29 is 14.3 Å². The van der Waals surface area contributed by atoms with Crippen molar-refractivity contribution in [1.82, 2.24) is 5.32 Å². The van der Waals surface area contributed by atoms with Gasteiger partial charge in [0.15, 0.2) is 11.5 Å². The second-order valence-corrected chi connectivity index (χ2v) is 4.50. The van der Waals surface area contributed by atoms with Crippen molar-refractivity contribution in [2.45, 2.75) is 27.2 Å². The second kappa shape index (κ2) is 9.46. The van der Waals surface area contributed by atoms with Crippen molar-refractivity contribution in [2.75, 3.05) is 19.8 Å². The van der Waals surface area contributed by atoms with E-state index >= 15 is 0 Å². The van der Waals surface area contributed by atoms with Crippen LogP contribution in [0.3, 0.4) is 0 Å². The van der Waals surface area contributed by atoms with E-state index < -0.39 is 0 Å². The number of nitrogens with zero attached hydrogens (tertiary/aromatic N) is 1. The van der Waals surface area contributed by atoms with E-state index in [2.05, 4.69) is 5.32 Å². The topological polar surface area (TPSA) is 71.4 Å². The molecule has 1 N–H and O–H groups in total. The number of ether oxygens (including phenoxy) is 2. The van der Waals surface area contributed by atoms with Gasteiger partial charge >= 0.3 is 0 Å². The molecule has 118 valence electrons. The fraction of sp³-hybridized carbons (Fsp3) is 0.412. The maximum atomic E-state index is 11.9. The van der Waals surface area contributed by atoms with Crippen LogP contribution in [0.5, 0.6) is 11.5 Å². The summed E-state index contributed by atoms with van der Waals surface area (Å²) >= 11 is 0. The Balaban J connectivity index is 3.04. The molecule has 0 fully saturated rings. The summed E-state index contributed by atoms with van der Waals surface area (Å²) in [6.07, 6.45) is 2.37. The summed E-state index contributed by atoms with van der Waals surface area (Å²) in [4.78, 5) is 11.9. The molecule has 1 amide bonds. The van der Waals surface area contributed by atoms with Crippen LogP contribution in [0.1, 0.15) is 32.8 Å². The number of nitrogens with one attached hydrogen (secondary N) is 1. The second-order valence-electron chi connectivity index (χ2n) is 4.50. The number of carbonyl (C=O) groups is 1. The molecule has 0 bridgehead atoms. The molecule has 1 aromatic carbocycles. The summed E-state index contributed by atoms with van der Waals surface area (Å²) in [6.45, 7) is 7.34. The van der Waals surface area contributed by atoms with Gasteiger partial charge in [-0.25, -0.2) is 0 Å². The third kappa shape index (κ3) is 5.13. The summed E-state index contributed by atoms with van der Waals surface area (Å²) in [5.41, 5.74) is 0.787.